The van der Waals surface area contributed by atoms with E-state index in [1.165, 1.54) is 114 Å². The van der Waals surface area contributed by atoms with Crippen molar-refractivity contribution in [3.8, 4) is 0 Å². The summed E-state index contributed by atoms with van der Waals surface area (Å²) in [5.41, 5.74) is 3.58. The van der Waals surface area contributed by atoms with Crippen LogP contribution in [0.5, 0.6) is 0 Å². The summed E-state index contributed by atoms with van der Waals surface area (Å²) in [6.45, 7) is 8.76. The summed E-state index contributed by atoms with van der Waals surface area (Å²) in [6.07, 6.45) is 25.5. The predicted molar refractivity (Wildman–Crippen MR) is 179 cm³/mol. The second-order valence-electron chi connectivity index (χ2n) is 13.9. The molecule has 4 heteroatoms. The highest BCUT2D eigenvalue weighted by Gasteiger charge is 2.30. The Balaban J connectivity index is 1.27. The lowest BCUT2D eigenvalue weighted by Crippen LogP contribution is -2.26. The maximum absolute atomic E-state index is 11.9. The van der Waals surface area contributed by atoms with Crippen molar-refractivity contribution in [2.24, 2.45) is 29.6 Å². The van der Waals surface area contributed by atoms with Gasteiger partial charge in [-0.1, -0.05) is 102 Å². The number of aliphatic hydroxyl groups is 1. The van der Waals surface area contributed by atoms with Crippen LogP contribution in [0.15, 0.2) is 36.4 Å². The second kappa shape index (κ2) is 21.2. The first kappa shape index (κ1) is 35.8. The van der Waals surface area contributed by atoms with Gasteiger partial charge in [0.15, 0.2) is 0 Å². The van der Waals surface area contributed by atoms with E-state index in [9.17, 15) is 4.79 Å². The van der Waals surface area contributed by atoms with Crippen molar-refractivity contribution in [1.29, 1.82) is 0 Å². The van der Waals surface area contributed by atoms with E-state index in [-0.39, 0.29) is 12.8 Å². The van der Waals surface area contributed by atoms with Crippen molar-refractivity contribution >= 4 is 5.97 Å². The molecule has 2 aliphatic rings. The maximum atomic E-state index is 11.9. The topological polar surface area (TPSA) is 55.8 Å². The number of carbonyl (C=O) groups excluding carboxylic acids is 1. The molecule has 1 atom stereocenters. The molecule has 4 nitrogen and oxygen atoms in total. The number of benzene rings is 1. The van der Waals surface area contributed by atoms with Crippen molar-refractivity contribution in [2.75, 3.05) is 20.0 Å². The molecule has 0 bridgehead atoms. The van der Waals surface area contributed by atoms with Gasteiger partial charge in [0, 0.05) is 12.2 Å². The van der Waals surface area contributed by atoms with Crippen LogP contribution in [-0.4, -0.2) is 31.1 Å². The molecule has 0 aliphatic heterocycles. The van der Waals surface area contributed by atoms with Gasteiger partial charge in [-0.15, -0.1) is 0 Å². The molecule has 0 saturated heterocycles. The fourth-order valence-electron chi connectivity index (χ4n) is 7.73. The molecule has 0 heterocycles. The number of hydrogen-bond donors (Lipinski definition) is 1. The first-order chi connectivity index (χ1) is 21.0. The van der Waals surface area contributed by atoms with E-state index in [0.29, 0.717) is 31.1 Å². The third-order valence-corrected chi connectivity index (χ3v) is 10.8. The van der Waals surface area contributed by atoms with Crippen LogP contribution in [0.1, 0.15) is 141 Å². The molecule has 1 aromatic carbocycles. The molecular formula is C39H64O4. The molecule has 1 aromatic rings. The van der Waals surface area contributed by atoms with Gasteiger partial charge in [-0.3, -0.25) is 0 Å². The van der Waals surface area contributed by atoms with Crippen molar-refractivity contribution < 1.29 is 19.4 Å². The Labute approximate surface area is 264 Å². The van der Waals surface area contributed by atoms with Crippen molar-refractivity contribution in [1.82, 2.24) is 0 Å². The van der Waals surface area contributed by atoms with Crippen LogP contribution in [0.2, 0.25) is 0 Å². The zero-order valence-corrected chi connectivity index (χ0v) is 27.8. The average molecular weight is 597 g/mol. The van der Waals surface area contributed by atoms with Gasteiger partial charge in [0.05, 0.1) is 6.61 Å². The quantitative estimate of drug-likeness (QED) is 0.0664. The number of aliphatic hydroxyl groups excluding tert-OH is 1. The molecular weight excluding hydrogens is 532 g/mol. The molecule has 2 aliphatic carbocycles. The Morgan fingerprint density at radius 3 is 1.95 bits per heavy atom. The number of carbonyl (C=O) groups is 1. The van der Waals surface area contributed by atoms with E-state index in [1.54, 1.807) is 0 Å². The summed E-state index contributed by atoms with van der Waals surface area (Å²) in [5, 5.41) is 8.99. The minimum Gasteiger partial charge on any atom is -0.462 e. The Morgan fingerprint density at radius 1 is 0.791 bits per heavy atom. The lowest BCUT2D eigenvalue weighted by atomic mass is 9.68. The molecule has 43 heavy (non-hydrogen) atoms. The molecule has 244 valence electrons. The Bertz CT molecular complexity index is 877. The standard InChI is InChI=1S/C39H64O4/c1-4-6-7-9-32-12-14-35(15-13-32)16-17-36-20-24-38(25-21-36)37-22-18-33(19-23-37)10-8-11-34(26-28-42-30-40)27-29-43-39(41)31(3)5-2/h12-15,33-34,36-38,40H,3-11,16-30H2,1-2H3. The molecule has 2 saturated carbocycles. The number of aryl methyl sites for hydroxylation is 2. The van der Waals surface area contributed by atoms with Gasteiger partial charge >= 0.3 is 5.97 Å². The Kier molecular flexibility index (Phi) is 17.6. The van der Waals surface area contributed by atoms with E-state index < -0.39 is 0 Å². The third-order valence-electron chi connectivity index (χ3n) is 10.8. The molecule has 0 amide bonds. The molecule has 0 spiro atoms. The molecule has 3 rings (SSSR count). The molecule has 0 radical (unpaired) electrons. The monoisotopic (exact) mass is 596 g/mol. The highest BCUT2D eigenvalue weighted by atomic mass is 16.6. The van der Waals surface area contributed by atoms with Crippen LogP contribution in [-0.2, 0) is 27.1 Å². The Hall–Kier alpha value is -1.65. The maximum Gasteiger partial charge on any atom is 0.333 e. The van der Waals surface area contributed by atoms with E-state index in [0.717, 1.165) is 42.9 Å². The van der Waals surface area contributed by atoms with Gasteiger partial charge in [-0.05, 0) is 111 Å². The third kappa shape index (κ3) is 13.9. The van der Waals surface area contributed by atoms with E-state index >= 15 is 0 Å². The summed E-state index contributed by atoms with van der Waals surface area (Å²) in [6, 6.07) is 9.52. The minimum absolute atomic E-state index is 0.226. The summed E-state index contributed by atoms with van der Waals surface area (Å²) in [5.74, 6) is 3.95. The van der Waals surface area contributed by atoms with Crippen molar-refractivity contribution in [3.05, 3.63) is 47.5 Å². The van der Waals surface area contributed by atoms with Gasteiger partial charge in [0.1, 0.15) is 6.79 Å². The summed E-state index contributed by atoms with van der Waals surface area (Å²) in [4.78, 5) is 11.9. The molecule has 0 aromatic heterocycles. The Morgan fingerprint density at radius 2 is 1.37 bits per heavy atom. The lowest BCUT2D eigenvalue weighted by Gasteiger charge is -2.38. The summed E-state index contributed by atoms with van der Waals surface area (Å²) < 4.78 is 10.6. The van der Waals surface area contributed by atoms with E-state index in [1.807, 2.05) is 6.92 Å². The van der Waals surface area contributed by atoms with Crippen LogP contribution in [0, 0.1) is 29.6 Å². The molecule has 2 fully saturated rings. The van der Waals surface area contributed by atoms with Gasteiger partial charge < -0.3 is 14.6 Å². The highest BCUT2D eigenvalue weighted by molar-refractivity contribution is 5.87. The number of unbranched alkanes of at least 4 members (excludes halogenated alkanes) is 2. The van der Waals surface area contributed by atoms with Crippen LogP contribution in [0.4, 0.5) is 0 Å². The highest BCUT2D eigenvalue weighted by Crippen LogP contribution is 2.43. The van der Waals surface area contributed by atoms with Crippen LogP contribution in [0.3, 0.4) is 0 Å². The second-order valence-corrected chi connectivity index (χ2v) is 13.9. The first-order valence-corrected chi connectivity index (χ1v) is 18.1. The van der Waals surface area contributed by atoms with E-state index in [2.05, 4.69) is 37.8 Å². The van der Waals surface area contributed by atoms with E-state index in [4.69, 9.17) is 14.6 Å². The lowest BCUT2D eigenvalue weighted by molar-refractivity contribution is -0.139. The van der Waals surface area contributed by atoms with Crippen LogP contribution in [0.25, 0.3) is 0 Å². The smallest absolute Gasteiger partial charge is 0.333 e. The number of ether oxygens (including phenoxy) is 2. The number of hydrogen-bond acceptors (Lipinski definition) is 4. The molecule has 1 unspecified atom stereocenters. The fourth-order valence-corrected chi connectivity index (χ4v) is 7.73. The summed E-state index contributed by atoms with van der Waals surface area (Å²) in [7, 11) is 0. The van der Waals surface area contributed by atoms with Crippen molar-refractivity contribution in [2.45, 2.75) is 142 Å². The van der Waals surface area contributed by atoms with Gasteiger partial charge in [0.2, 0.25) is 0 Å². The summed E-state index contributed by atoms with van der Waals surface area (Å²) >= 11 is 0. The van der Waals surface area contributed by atoms with Gasteiger partial charge in [0.25, 0.3) is 0 Å². The molecule has 1 N–H and O–H groups in total. The zero-order valence-electron chi connectivity index (χ0n) is 27.8. The van der Waals surface area contributed by atoms with Gasteiger partial charge in [-0.25, -0.2) is 4.79 Å². The van der Waals surface area contributed by atoms with Crippen molar-refractivity contribution in [3.63, 3.8) is 0 Å². The largest absolute Gasteiger partial charge is 0.462 e. The van der Waals surface area contributed by atoms with Crippen LogP contribution >= 0.6 is 0 Å². The predicted octanol–water partition coefficient (Wildman–Crippen LogP) is 10.0. The zero-order chi connectivity index (χ0) is 30.7. The SMILES string of the molecule is C=C(CC)C(=O)OCCC(CCCC1CCC(C2CCC(CCc3ccc(CCCCC)cc3)CC2)CC1)CCOCO. The number of rotatable bonds is 21. The van der Waals surface area contributed by atoms with Gasteiger partial charge in [-0.2, -0.15) is 0 Å². The average Bonchev–Trinajstić information content (AvgIpc) is 3.04. The first-order valence-electron chi connectivity index (χ1n) is 18.1. The normalized spacial score (nSPS) is 23.1. The number of esters is 1. The minimum atomic E-state index is -0.267. The van der Waals surface area contributed by atoms with Crippen LogP contribution < -0.4 is 0 Å². The fraction of sp³-hybridized carbons (Fsp3) is 0.769.